The van der Waals surface area contributed by atoms with Crippen LogP contribution in [-0.2, 0) is 0 Å². The lowest BCUT2D eigenvalue weighted by molar-refractivity contribution is 0.190. The highest BCUT2D eigenvalue weighted by Crippen LogP contribution is 2.09. The van der Waals surface area contributed by atoms with E-state index in [1.807, 2.05) is 0 Å². The molecule has 3 nitrogen and oxygen atoms in total. The first-order chi connectivity index (χ1) is 5.84. The standard InChI is InChI=1S/C9H16N2O/c12-9-5-8(10-6-9)7-11-3-1-2-4-11/h1-2,8-10,12H,3-7H2. The van der Waals surface area contributed by atoms with Crippen LogP contribution < -0.4 is 5.32 Å². The molecule has 0 amide bonds. The molecular formula is C9H16N2O. The second kappa shape index (κ2) is 3.56. The van der Waals surface area contributed by atoms with Crippen LogP contribution in [0.25, 0.3) is 0 Å². The van der Waals surface area contributed by atoms with E-state index in [-0.39, 0.29) is 6.10 Å². The quantitative estimate of drug-likeness (QED) is 0.550. The van der Waals surface area contributed by atoms with E-state index < -0.39 is 0 Å². The van der Waals surface area contributed by atoms with Crippen LogP contribution in [0.3, 0.4) is 0 Å². The highest BCUT2D eigenvalue weighted by molar-refractivity contribution is 4.97. The summed E-state index contributed by atoms with van der Waals surface area (Å²) < 4.78 is 0. The number of nitrogens with zero attached hydrogens (tertiary/aromatic N) is 1. The molecule has 0 spiro atoms. The van der Waals surface area contributed by atoms with Crippen molar-refractivity contribution in [1.82, 2.24) is 10.2 Å². The first-order valence-corrected chi connectivity index (χ1v) is 4.63. The van der Waals surface area contributed by atoms with Crippen molar-refractivity contribution in [2.24, 2.45) is 0 Å². The minimum Gasteiger partial charge on any atom is -0.392 e. The molecule has 0 aromatic heterocycles. The van der Waals surface area contributed by atoms with Crippen molar-refractivity contribution in [2.75, 3.05) is 26.2 Å². The second-order valence-corrected chi connectivity index (χ2v) is 3.68. The molecule has 1 fully saturated rings. The Morgan fingerprint density at radius 3 is 2.75 bits per heavy atom. The molecule has 2 heterocycles. The molecule has 2 N–H and O–H groups in total. The number of hydrogen-bond acceptors (Lipinski definition) is 3. The Bertz CT molecular complexity index is 173. The number of β-amino-alcohol motifs (C(OH)–C–C–N with tert-alkyl or cyclic N) is 1. The molecule has 0 bridgehead atoms. The van der Waals surface area contributed by atoms with Gasteiger partial charge in [0.15, 0.2) is 0 Å². The number of aliphatic hydroxyl groups is 1. The Balaban J connectivity index is 1.73. The largest absolute Gasteiger partial charge is 0.392 e. The maximum absolute atomic E-state index is 9.28. The zero-order valence-corrected chi connectivity index (χ0v) is 7.24. The zero-order valence-electron chi connectivity index (χ0n) is 7.24. The first kappa shape index (κ1) is 8.23. The maximum Gasteiger partial charge on any atom is 0.0680 e. The van der Waals surface area contributed by atoms with Gasteiger partial charge in [-0.05, 0) is 6.42 Å². The average Bonchev–Trinajstić information content (AvgIpc) is 2.63. The van der Waals surface area contributed by atoms with Gasteiger partial charge in [-0.2, -0.15) is 0 Å². The molecule has 2 atom stereocenters. The molecule has 0 aliphatic carbocycles. The van der Waals surface area contributed by atoms with E-state index in [9.17, 15) is 5.11 Å². The molecule has 0 saturated carbocycles. The van der Waals surface area contributed by atoms with E-state index in [4.69, 9.17) is 0 Å². The fourth-order valence-corrected chi connectivity index (χ4v) is 1.92. The van der Waals surface area contributed by atoms with E-state index in [0.29, 0.717) is 6.04 Å². The molecule has 0 aromatic rings. The Kier molecular flexibility index (Phi) is 2.44. The molecular weight excluding hydrogens is 152 g/mol. The van der Waals surface area contributed by atoms with Crippen molar-refractivity contribution >= 4 is 0 Å². The van der Waals surface area contributed by atoms with Gasteiger partial charge < -0.3 is 10.4 Å². The average molecular weight is 168 g/mol. The fourth-order valence-electron chi connectivity index (χ4n) is 1.92. The lowest BCUT2D eigenvalue weighted by atomic mass is 10.2. The van der Waals surface area contributed by atoms with E-state index in [1.165, 1.54) is 0 Å². The highest BCUT2D eigenvalue weighted by atomic mass is 16.3. The maximum atomic E-state index is 9.28. The minimum atomic E-state index is -0.120. The predicted molar refractivity (Wildman–Crippen MR) is 48.0 cm³/mol. The van der Waals surface area contributed by atoms with Gasteiger partial charge in [-0.15, -0.1) is 0 Å². The van der Waals surface area contributed by atoms with Crippen LogP contribution in [0, 0.1) is 0 Å². The predicted octanol–water partition coefficient (Wildman–Crippen LogP) is -0.419. The van der Waals surface area contributed by atoms with Crippen LogP contribution in [0.4, 0.5) is 0 Å². The molecule has 2 aliphatic rings. The van der Waals surface area contributed by atoms with Gasteiger partial charge in [-0.25, -0.2) is 0 Å². The van der Waals surface area contributed by atoms with E-state index >= 15 is 0 Å². The van der Waals surface area contributed by atoms with Crippen molar-refractivity contribution < 1.29 is 5.11 Å². The van der Waals surface area contributed by atoms with E-state index in [1.54, 1.807) is 0 Å². The summed E-state index contributed by atoms with van der Waals surface area (Å²) in [5.41, 5.74) is 0. The summed E-state index contributed by atoms with van der Waals surface area (Å²) in [5, 5.41) is 12.6. The summed E-state index contributed by atoms with van der Waals surface area (Å²) in [7, 11) is 0. The van der Waals surface area contributed by atoms with Crippen LogP contribution in [0.15, 0.2) is 12.2 Å². The zero-order chi connectivity index (χ0) is 8.39. The topological polar surface area (TPSA) is 35.5 Å². The summed E-state index contributed by atoms with van der Waals surface area (Å²) in [6.07, 6.45) is 5.19. The van der Waals surface area contributed by atoms with Crippen molar-refractivity contribution in [1.29, 1.82) is 0 Å². The van der Waals surface area contributed by atoms with Crippen LogP contribution in [-0.4, -0.2) is 48.3 Å². The number of nitrogens with one attached hydrogen (secondary N) is 1. The molecule has 2 aliphatic heterocycles. The van der Waals surface area contributed by atoms with Crippen LogP contribution in [0.5, 0.6) is 0 Å². The Morgan fingerprint density at radius 1 is 1.42 bits per heavy atom. The lowest BCUT2D eigenvalue weighted by Crippen LogP contribution is -2.36. The summed E-state index contributed by atoms with van der Waals surface area (Å²) in [6.45, 7) is 4.00. The molecule has 12 heavy (non-hydrogen) atoms. The van der Waals surface area contributed by atoms with Gasteiger partial charge in [0.2, 0.25) is 0 Å². The lowest BCUT2D eigenvalue weighted by Gasteiger charge is -2.19. The number of aliphatic hydroxyl groups excluding tert-OH is 1. The van der Waals surface area contributed by atoms with Gasteiger partial charge in [0.25, 0.3) is 0 Å². The van der Waals surface area contributed by atoms with Crippen molar-refractivity contribution in [3.05, 3.63) is 12.2 Å². The summed E-state index contributed by atoms with van der Waals surface area (Å²) in [6, 6.07) is 0.500. The molecule has 0 aromatic carbocycles. The van der Waals surface area contributed by atoms with Crippen molar-refractivity contribution in [2.45, 2.75) is 18.6 Å². The summed E-state index contributed by atoms with van der Waals surface area (Å²) >= 11 is 0. The fraction of sp³-hybridized carbons (Fsp3) is 0.778. The number of hydrogen-bond donors (Lipinski definition) is 2. The number of rotatable bonds is 2. The molecule has 2 rings (SSSR count). The molecule has 2 unspecified atom stereocenters. The SMILES string of the molecule is OC1CNC(CN2CC=CC2)C1. The van der Waals surface area contributed by atoms with Crippen molar-refractivity contribution in [3.63, 3.8) is 0 Å². The van der Waals surface area contributed by atoms with Crippen LogP contribution in [0.1, 0.15) is 6.42 Å². The third kappa shape index (κ3) is 1.86. The molecule has 1 saturated heterocycles. The summed E-state index contributed by atoms with van der Waals surface area (Å²) in [4.78, 5) is 2.38. The van der Waals surface area contributed by atoms with Crippen LogP contribution >= 0.6 is 0 Å². The second-order valence-electron chi connectivity index (χ2n) is 3.68. The molecule has 0 radical (unpaired) electrons. The summed E-state index contributed by atoms with van der Waals surface area (Å²) in [5.74, 6) is 0. The Morgan fingerprint density at radius 2 is 2.17 bits per heavy atom. The van der Waals surface area contributed by atoms with E-state index in [0.717, 1.165) is 32.6 Å². The van der Waals surface area contributed by atoms with Crippen molar-refractivity contribution in [3.8, 4) is 0 Å². The highest BCUT2D eigenvalue weighted by Gasteiger charge is 2.23. The Hall–Kier alpha value is -0.380. The molecule has 68 valence electrons. The smallest absolute Gasteiger partial charge is 0.0680 e. The third-order valence-electron chi connectivity index (χ3n) is 2.57. The van der Waals surface area contributed by atoms with Gasteiger partial charge in [-0.3, -0.25) is 4.90 Å². The monoisotopic (exact) mass is 168 g/mol. The minimum absolute atomic E-state index is 0.120. The third-order valence-corrected chi connectivity index (χ3v) is 2.57. The Labute approximate surface area is 73.1 Å². The van der Waals surface area contributed by atoms with E-state index in [2.05, 4.69) is 22.4 Å². The molecule has 3 heteroatoms. The first-order valence-electron chi connectivity index (χ1n) is 4.63. The van der Waals surface area contributed by atoms with Gasteiger partial charge in [-0.1, -0.05) is 12.2 Å². The normalized spacial score (nSPS) is 36.4. The van der Waals surface area contributed by atoms with Gasteiger partial charge in [0, 0.05) is 32.2 Å². The van der Waals surface area contributed by atoms with Crippen LogP contribution in [0.2, 0.25) is 0 Å². The van der Waals surface area contributed by atoms with Gasteiger partial charge in [0.1, 0.15) is 0 Å². The van der Waals surface area contributed by atoms with Gasteiger partial charge >= 0.3 is 0 Å². The van der Waals surface area contributed by atoms with Gasteiger partial charge in [0.05, 0.1) is 6.10 Å².